The summed E-state index contributed by atoms with van der Waals surface area (Å²) >= 11 is 0. The summed E-state index contributed by atoms with van der Waals surface area (Å²) in [6.07, 6.45) is -6.98. The molecule has 7 heteroatoms. The summed E-state index contributed by atoms with van der Waals surface area (Å²) in [6, 6.07) is 0. The first-order chi connectivity index (χ1) is 6.54. The third-order valence-corrected chi connectivity index (χ3v) is 1.94. The second-order valence-corrected chi connectivity index (χ2v) is 2.92. The van der Waals surface area contributed by atoms with E-state index in [1.807, 2.05) is 0 Å². The molecule has 0 amide bonds. The maximum atomic E-state index is 12.2. The zero-order chi connectivity index (χ0) is 10.3. The molecule has 0 spiro atoms. The van der Waals surface area contributed by atoms with Crippen molar-refractivity contribution < 1.29 is 27.5 Å². The fourth-order valence-electron chi connectivity index (χ4n) is 1.27. The van der Waals surface area contributed by atoms with E-state index in [1.54, 1.807) is 6.92 Å². The van der Waals surface area contributed by atoms with Gasteiger partial charge in [-0.15, -0.1) is 0 Å². The van der Waals surface area contributed by atoms with Crippen LogP contribution in [0.15, 0.2) is 5.16 Å². The molecule has 2 aliphatic rings. The Morgan fingerprint density at radius 2 is 2.21 bits per heavy atom. The van der Waals surface area contributed by atoms with Gasteiger partial charge >= 0.3 is 6.18 Å². The highest BCUT2D eigenvalue weighted by molar-refractivity contribution is 5.96. The molecule has 3 atom stereocenters. The quantitative estimate of drug-likeness (QED) is 0.641. The van der Waals surface area contributed by atoms with Crippen LogP contribution in [0.4, 0.5) is 13.2 Å². The van der Waals surface area contributed by atoms with E-state index in [0.717, 1.165) is 0 Å². The summed E-state index contributed by atoms with van der Waals surface area (Å²) in [5.41, 5.74) is -1.02. The van der Waals surface area contributed by atoms with Crippen LogP contribution in [0.5, 0.6) is 0 Å². The number of rotatable bonds is 2. The Balaban J connectivity index is 2.06. The van der Waals surface area contributed by atoms with Crippen molar-refractivity contribution in [3.05, 3.63) is 0 Å². The molecular weight excluding hydrogens is 203 g/mol. The highest BCUT2D eigenvalue weighted by Crippen LogP contribution is 2.38. The number of nitrogens with zero attached hydrogens (tertiary/aromatic N) is 1. The molecule has 2 aliphatic heterocycles. The minimum Gasteiger partial charge on any atom is -0.360 e. The van der Waals surface area contributed by atoms with Crippen LogP contribution in [0.25, 0.3) is 0 Å². The molecule has 0 radical (unpaired) electrons. The average molecular weight is 211 g/mol. The van der Waals surface area contributed by atoms with Crippen molar-refractivity contribution in [3.63, 3.8) is 0 Å². The summed E-state index contributed by atoms with van der Waals surface area (Å²) in [7, 11) is 0. The Labute approximate surface area is 77.6 Å². The maximum absolute atomic E-state index is 12.2. The smallest absolute Gasteiger partial charge is 0.360 e. The molecule has 80 valence electrons. The Morgan fingerprint density at radius 1 is 1.50 bits per heavy atom. The topological polar surface area (TPSA) is 43.4 Å². The summed E-state index contributed by atoms with van der Waals surface area (Å²) in [5.74, 6) is 0. The number of halogens is 3. The van der Waals surface area contributed by atoms with Crippen LogP contribution in [0.3, 0.4) is 0 Å². The Bertz CT molecular complexity index is 265. The van der Waals surface area contributed by atoms with E-state index in [-0.39, 0.29) is 0 Å². The minimum atomic E-state index is -4.49. The predicted molar refractivity (Wildman–Crippen MR) is 38.7 cm³/mol. The van der Waals surface area contributed by atoms with Gasteiger partial charge in [-0.25, -0.2) is 0 Å². The van der Waals surface area contributed by atoms with E-state index in [2.05, 4.69) is 9.99 Å². The van der Waals surface area contributed by atoms with E-state index in [4.69, 9.17) is 9.47 Å². The molecule has 0 aromatic carbocycles. The lowest BCUT2D eigenvalue weighted by Gasteiger charge is -2.18. The fourth-order valence-corrected chi connectivity index (χ4v) is 1.27. The first kappa shape index (κ1) is 9.72. The lowest BCUT2D eigenvalue weighted by atomic mass is 10.2. The van der Waals surface area contributed by atoms with Gasteiger partial charge in [-0.3, -0.25) is 0 Å². The van der Waals surface area contributed by atoms with Crippen LogP contribution >= 0.6 is 0 Å². The van der Waals surface area contributed by atoms with E-state index in [9.17, 15) is 13.2 Å². The number of fused-ring (bicyclic) bond motifs is 1. The molecule has 0 saturated carbocycles. The summed E-state index contributed by atoms with van der Waals surface area (Å²) in [5, 5.41) is 2.97. The van der Waals surface area contributed by atoms with Gasteiger partial charge in [0, 0.05) is 6.61 Å². The van der Waals surface area contributed by atoms with Crippen LogP contribution in [-0.2, 0) is 14.3 Å². The third-order valence-electron chi connectivity index (χ3n) is 1.94. The van der Waals surface area contributed by atoms with Gasteiger partial charge in [-0.05, 0) is 6.92 Å². The number of oxime groups is 1. The van der Waals surface area contributed by atoms with Gasteiger partial charge in [-0.2, -0.15) is 13.2 Å². The Kier molecular flexibility index (Phi) is 2.15. The molecule has 4 nitrogen and oxygen atoms in total. The molecule has 1 fully saturated rings. The van der Waals surface area contributed by atoms with Crippen molar-refractivity contribution in [3.8, 4) is 0 Å². The van der Waals surface area contributed by atoms with Gasteiger partial charge in [0.1, 0.15) is 6.10 Å². The van der Waals surface area contributed by atoms with Gasteiger partial charge in [0.15, 0.2) is 11.8 Å². The molecule has 14 heavy (non-hydrogen) atoms. The number of hydrogen-bond acceptors (Lipinski definition) is 4. The monoisotopic (exact) mass is 211 g/mol. The standard InChI is InChI=1S/C7H8F3NO3/c1-2-12-6-4-3(13-4)5(11-14-6)7(8,9)10/h3-4,6H,2H2,1H3/t3-,4+,6+/m1/s1. The van der Waals surface area contributed by atoms with Crippen LogP contribution in [0, 0.1) is 0 Å². The summed E-state index contributed by atoms with van der Waals surface area (Å²) < 4.78 is 46.4. The number of epoxide rings is 1. The van der Waals surface area contributed by atoms with E-state index in [1.165, 1.54) is 0 Å². The molecule has 1 saturated heterocycles. The first-order valence-electron chi connectivity index (χ1n) is 4.12. The second kappa shape index (κ2) is 3.09. The van der Waals surface area contributed by atoms with Gasteiger partial charge in [0.05, 0.1) is 0 Å². The molecule has 0 N–H and O–H groups in total. The highest BCUT2D eigenvalue weighted by Gasteiger charge is 2.61. The van der Waals surface area contributed by atoms with Crippen LogP contribution in [0.1, 0.15) is 6.92 Å². The van der Waals surface area contributed by atoms with Crippen molar-refractivity contribution in [2.45, 2.75) is 31.6 Å². The average Bonchev–Trinajstić information content (AvgIpc) is 2.82. The van der Waals surface area contributed by atoms with E-state index >= 15 is 0 Å². The molecule has 0 unspecified atom stereocenters. The zero-order valence-corrected chi connectivity index (χ0v) is 7.25. The molecule has 2 rings (SSSR count). The molecule has 2 heterocycles. The van der Waals surface area contributed by atoms with Gasteiger partial charge in [0.25, 0.3) is 6.29 Å². The van der Waals surface area contributed by atoms with Gasteiger partial charge in [-0.1, -0.05) is 5.16 Å². The number of hydrogen-bond donors (Lipinski definition) is 0. The van der Waals surface area contributed by atoms with Gasteiger partial charge < -0.3 is 14.3 Å². The van der Waals surface area contributed by atoms with E-state index in [0.29, 0.717) is 6.61 Å². The van der Waals surface area contributed by atoms with Crippen molar-refractivity contribution in [2.24, 2.45) is 5.16 Å². The van der Waals surface area contributed by atoms with Crippen molar-refractivity contribution in [1.29, 1.82) is 0 Å². The Hall–Kier alpha value is -0.820. The Morgan fingerprint density at radius 3 is 2.79 bits per heavy atom. The van der Waals surface area contributed by atoms with Crippen molar-refractivity contribution in [1.82, 2.24) is 0 Å². The molecule has 0 bridgehead atoms. The van der Waals surface area contributed by atoms with Crippen LogP contribution in [0.2, 0.25) is 0 Å². The van der Waals surface area contributed by atoms with Crippen LogP contribution < -0.4 is 0 Å². The molecular formula is C7H8F3NO3. The molecule has 0 aromatic rings. The predicted octanol–water partition coefficient (Wildman–Crippen LogP) is 1.06. The third kappa shape index (κ3) is 1.57. The number of ether oxygens (including phenoxy) is 2. The summed E-state index contributed by atoms with van der Waals surface area (Å²) in [6.45, 7) is 2.05. The van der Waals surface area contributed by atoms with Gasteiger partial charge in [0.2, 0.25) is 0 Å². The maximum Gasteiger partial charge on any atom is 0.435 e. The molecule has 0 aromatic heterocycles. The van der Waals surface area contributed by atoms with E-state index < -0.39 is 30.4 Å². The number of alkyl halides is 3. The zero-order valence-electron chi connectivity index (χ0n) is 7.25. The van der Waals surface area contributed by atoms with Crippen LogP contribution in [-0.4, -0.2) is 37.0 Å². The van der Waals surface area contributed by atoms with Crippen molar-refractivity contribution >= 4 is 5.71 Å². The van der Waals surface area contributed by atoms with Crippen molar-refractivity contribution in [2.75, 3.05) is 6.61 Å². The first-order valence-corrected chi connectivity index (χ1v) is 4.12. The lowest BCUT2D eigenvalue weighted by molar-refractivity contribution is -0.156. The normalized spacial score (nSPS) is 35.7. The largest absolute Gasteiger partial charge is 0.435 e. The highest BCUT2D eigenvalue weighted by atomic mass is 19.4. The lowest BCUT2D eigenvalue weighted by Crippen LogP contribution is -2.37. The fraction of sp³-hybridized carbons (Fsp3) is 0.857. The SMILES string of the molecule is CCO[C@H]1ON=C(C(F)(F)F)[C@@H]2O[C@H]12. The second-order valence-electron chi connectivity index (χ2n) is 2.92. The molecule has 0 aliphatic carbocycles. The summed E-state index contributed by atoms with van der Waals surface area (Å²) in [4.78, 5) is 4.53. The minimum absolute atomic E-state index is 0.341.